The molecule has 4 heteroatoms. The van der Waals surface area contributed by atoms with Gasteiger partial charge in [-0.2, -0.15) is 0 Å². The maximum Gasteiger partial charge on any atom is 0.138 e. The van der Waals surface area contributed by atoms with Gasteiger partial charge in [-0.05, 0) is 24.0 Å². The fourth-order valence-corrected chi connectivity index (χ4v) is 2.74. The van der Waals surface area contributed by atoms with Crippen LogP contribution in [0.5, 0.6) is 0 Å². The zero-order valence-corrected chi connectivity index (χ0v) is 11.5. The minimum Gasteiger partial charge on any atom is -0.384 e. The fourth-order valence-electron chi connectivity index (χ4n) is 2.74. The predicted molar refractivity (Wildman–Crippen MR) is 76.2 cm³/mol. The van der Waals surface area contributed by atoms with Crippen molar-refractivity contribution >= 4 is 5.69 Å². The lowest BCUT2D eigenvalue weighted by molar-refractivity contribution is 0.486. The van der Waals surface area contributed by atoms with Crippen LogP contribution in [0.1, 0.15) is 31.2 Å². The minimum atomic E-state index is 0.413. The number of nitrogens with one attached hydrogen (secondary N) is 1. The van der Waals surface area contributed by atoms with E-state index in [-0.39, 0.29) is 0 Å². The van der Waals surface area contributed by atoms with Gasteiger partial charge in [-0.1, -0.05) is 32.0 Å². The van der Waals surface area contributed by atoms with Gasteiger partial charge in [0.1, 0.15) is 12.2 Å². The van der Waals surface area contributed by atoms with Gasteiger partial charge in [-0.25, -0.2) is 0 Å². The molecular weight excluding hydrogens is 236 g/mol. The van der Waals surface area contributed by atoms with E-state index in [4.69, 9.17) is 0 Å². The van der Waals surface area contributed by atoms with Crippen LogP contribution in [0, 0.1) is 5.92 Å². The van der Waals surface area contributed by atoms with E-state index >= 15 is 0 Å². The standard InChI is InChI=1S/C15H20N4/c1-11(2)9-19-10-17-18-15(19)13-7-12-5-3-4-6-14(12)16-8-13/h3-6,10-11,13,16H,7-9H2,1-2H3. The molecule has 1 aliphatic rings. The highest BCUT2D eigenvalue weighted by Crippen LogP contribution is 2.29. The highest BCUT2D eigenvalue weighted by atomic mass is 15.3. The third kappa shape index (κ3) is 2.48. The van der Waals surface area contributed by atoms with Crippen LogP contribution < -0.4 is 5.32 Å². The quantitative estimate of drug-likeness (QED) is 0.918. The Kier molecular flexibility index (Phi) is 3.23. The van der Waals surface area contributed by atoms with E-state index in [0.717, 1.165) is 25.3 Å². The molecule has 0 saturated carbocycles. The fraction of sp³-hybridized carbons (Fsp3) is 0.467. The van der Waals surface area contributed by atoms with Gasteiger partial charge < -0.3 is 9.88 Å². The summed E-state index contributed by atoms with van der Waals surface area (Å²) in [4.78, 5) is 0. The number of benzene rings is 1. The molecular formula is C15H20N4. The summed E-state index contributed by atoms with van der Waals surface area (Å²) in [5, 5.41) is 11.9. The van der Waals surface area contributed by atoms with Crippen LogP contribution in [0.2, 0.25) is 0 Å². The highest BCUT2D eigenvalue weighted by Gasteiger charge is 2.23. The lowest BCUT2D eigenvalue weighted by atomic mass is 9.93. The monoisotopic (exact) mass is 256 g/mol. The first-order valence-corrected chi connectivity index (χ1v) is 6.93. The first-order valence-electron chi connectivity index (χ1n) is 6.93. The molecule has 19 heavy (non-hydrogen) atoms. The highest BCUT2D eigenvalue weighted by molar-refractivity contribution is 5.53. The molecule has 2 aromatic rings. The zero-order valence-electron chi connectivity index (χ0n) is 11.5. The van der Waals surface area contributed by atoms with E-state index in [1.54, 1.807) is 0 Å². The molecule has 0 spiro atoms. The molecule has 1 unspecified atom stereocenters. The molecule has 1 aromatic carbocycles. The summed E-state index contributed by atoms with van der Waals surface area (Å²) in [5.74, 6) is 2.13. The lowest BCUT2D eigenvalue weighted by Gasteiger charge is -2.26. The first kappa shape index (κ1) is 12.2. The number of para-hydroxylation sites is 1. The Hall–Kier alpha value is -1.84. The summed E-state index contributed by atoms with van der Waals surface area (Å²) in [6.07, 6.45) is 2.90. The van der Waals surface area contributed by atoms with Gasteiger partial charge in [0, 0.05) is 24.7 Å². The van der Waals surface area contributed by atoms with Crippen LogP contribution in [0.15, 0.2) is 30.6 Å². The number of aromatic nitrogens is 3. The Balaban J connectivity index is 1.83. The van der Waals surface area contributed by atoms with E-state index in [9.17, 15) is 0 Å². The van der Waals surface area contributed by atoms with Crippen LogP contribution in [-0.2, 0) is 13.0 Å². The van der Waals surface area contributed by atoms with Gasteiger partial charge in [-0.15, -0.1) is 10.2 Å². The van der Waals surface area contributed by atoms with Crippen molar-refractivity contribution in [3.8, 4) is 0 Å². The second-order valence-electron chi connectivity index (χ2n) is 5.67. The average Bonchev–Trinajstić information content (AvgIpc) is 2.85. The molecule has 100 valence electrons. The lowest BCUT2D eigenvalue weighted by Crippen LogP contribution is -2.24. The SMILES string of the molecule is CC(C)Cn1cnnc1C1CNc2ccccc2C1. The summed E-state index contributed by atoms with van der Waals surface area (Å²) < 4.78 is 2.20. The predicted octanol–water partition coefficient (Wildman–Crippen LogP) is 2.69. The van der Waals surface area contributed by atoms with Gasteiger partial charge in [0.25, 0.3) is 0 Å². The summed E-state index contributed by atoms with van der Waals surface area (Å²) in [7, 11) is 0. The third-order valence-corrected chi connectivity index (χ3v) is 3.60. The summed E-state index contributed by atoms with van der Waals surface area (Å²) >= 11 is 0. The van der Waals surface area contributed by atoms with Gasteiger partial charge in [-0.3, -0.25) is 0 Å². The van der Waals surface area contributed by atoms with E-state index in [2.05, 4.69) is 58.2 Å². The van der Waals surface area contributed by atoms with E-state index in [1.165, 1.54) is 11.3 Å². The molecule has 0 amide bonds. The maximum atomic E-state index is 4.34. The summed E-state index contributed by atoms with van der Waals surface area (Å²) in [5.41, 5.74) is 2.63. The van der Waals surface area contributed by atoms with Crippen LogP contribution in [0.3, 0.4) is 0 Å². The maximum absolute atomic E-state index is 4.34. The number of hydrogen-bond donors (Lipinski definition) is 1. The average molecular weight is 256 g/mol. The van der Waals surface area contributed by atoms with E-state index in [1.807, 2.05) is 6.33 Å². The molecule has 0 saturated heterocycles. The molecule has 3 rings (SSSR count). The van der Waals surface area contributed by atoms with Gasteiger partial charge in [0.2, 0.25) is 0 Å². The normalized spacial score (nSPS) is 18.2. The van der Waals surface area contributed by atoms with E-state index in [0.29, 0.717) is 11.8 Å². The molecule has 0 radical (unpaired) electrons. The van der Waals surface area contributed by atoms with Crippen molar-refractivity contribution in [1.29, 1.82) is 0 Å². The number of rotatable bonds is 3. The Bertz CT molecular complexity index is 559. The molecule has 0 bridgehead atoms. The smallest absolute Gasteiger partial charge is 0.138 e. The van der Waals surface area contributed by atoms with Crippen molar-refractivity contribution in [3.63, 3.8) is 0 Å². The molecule has 4 nitrogen and oxygen atoms in total. The topological polar surface area (TPSA) is 42.7 Å². The third-order valence-electron chi connectivity index (χ3n) is 3.60. The number of hydrogen-bond acceptors (Lipinski definition) is 3. The number of nitrogens with zero attached hydrogens (tertiary/aromatic N) is 3. The van der Waals surface area contributed by atoms with Crippen molar-refractivity contribution in [2.24, 2.45) is 5.92 Å². The Labute approximate surface area is 113 Å². The molecule has 1 aliphatic heterocycles. The Morgan fingerprint density at radius 2 is 2.21 bits per heavy atom. The van der Waals surface area contributed by atoms with Gasteiger partial charge >= 0.3 is 0 Å². The Morgan fingerprint density at radius 3 is 3.05 bits per heavy atom. The van der Waals surface area contributed by atoms with Crippen molar-refractivity contribution < 1.29 is 0 Å². The van der Waals surface area contributed by atoms with Gasteiger partial charge in [0.05, 0.1) is 0 Å². The second-order valence-corrected chi connectivity index (χ2v) is 5.67. The second kappa shape index (κ2) is 5.03. The zero-order chi connectivity index (χ0) is 13.2. The van der Waals surface area contributed by atoms with Crippen molar-refractivity contribution in [1.82, 2.24) is 14.8 Å². The molecule has 1 atom stereocenters. The molecule has 1 N–H and O–H groups in total. The van der Waals surface area contributed by atoms with Crippen LogP contribution in [0.4, 0.5) is 5.69 Å². The van der Waals surface area contributed by atoms with E-state index < -0.39 is 0 Å². The largest absolute Gasteiger partial charge is 0.384 e. The van der Waals surface area contributed by atoms with Crippen LogP contribution >= 0.6 is 0 Å². The molecule has 2 heterocycles. The first-order chi connectivity index (χ1) is 9.24. The van der Waals surface area contributed by atoms with Crippen molar-refractivity contribution in [2.45, 2.75) is 32.7 Å². The van der Waals surface area contributed by atoms with Crippen molar-refractivity contribution in [2.75, 3.05) is 11.9 Å². The minimum absolute atomic E-state index is 0.413. The van der Waals surface area contributed by atoms with Crippen molar-refractivity contribution in [3.05, 3.63) is 42.0 Å². The molecule has 0 fully saturated rings. The van der Waals surface area contributed by atoms with Gasteiger partial charge in [0.15, 0.2) is 0 Å². The molecule has 1 aromatic heterocycles. The summed E-state index contributed by atoms with van der Waals surface area (Å²) in [6.45, 7) is 6.37. The number of anilines is 1. The van der Waals surface area contributed by atoms with Crippen LogP contribution in [-0.4, -0.2) is 21.3 Å². The number of fused-ring (bicyclic) bond motifs is 1. The summed E-state index contributed by atoms with van der Waals surface area (Å²) in [6, 6.07) is 8.51. The van der Waals surface area contributed by atoms with Crippen LogP contribution in [0.25, 0.3) is 0 Å². The molecule has 0 aliphatic carbocycles. The Morgan fingerprint density at radius 1 is 1.37 bits per heavy atom.